The number of hydrogen-bond acceptors (Lipinski definition) is 8. The molecule has 3 amide bonds. The molecule has 4 heterocycles. The molecule has 0 aliphatic carbocycles. The van der Waals surface area contributed by atoms with E-state index in [0.29, 0.717) is 31.7 Å². The quantitative estimate of drug-likeness (QED) is 0.140. The minimum absolute atomic E-state index is 0.100. The fraction of sp³-hybridized carbons (Fsp3) is 0.386. The van der Waals surface area contributed by atoms with Crippen molar-refractivity contribution < 1.29 is 29.0 Å². The highest BCUT2D eigenvalue weighted by atomic mass is 16.5. The Bertz CT molecular complexity index is 2020. The van der Waals surface area contributed by atoms with Gasteiger partial charge in [-0.1, -0.05) is 42.5 Å². The number of fused-ring (bicyclic) bond motifs is 2. The summed E-state index contributed by atoms with van der Waals surface area (Å²) in [4.78, 5) is 43.6. The Kier molecular flexibility index (Phi) is 10.3. The largest absolute Gasteiger partial charge is 0.508 e. The van der Waals surface area contributed by atoms with Gasteiger partial charge in [0.15, 0.2) is 0 Å². The van der Waals surface area contributed by atoms with Gasteiger partial charge in [-0.15, -0.1) is 0 Å². The van der Waals surface area contributed by atoms with Crippen LogP contribution in [0.5, 0.6) is 17.2 Å². The minimum atomic E-state index is -0.592. The summed E-state index contributed by atoms with van der Waals surface area (Å²) in [7, 11) is 0. The van der Waals surface area contributed by atoms with Gasteiger partial charge in [-0.3, -0.25) is 24.6 Å². The van der Waals surface area contributed by atoms with E-state index in [9.17, 15) is 19.5 Å². The molecular weight excluding hydrogens is 681 g/mol. The standard InChI is InChI=1S/C44H48N4O6/c1-29-7-3-4-8-35(29)38-28-54-40-26-33(49)12-16-37(40)42(38)30-9-13-34(14-10-30)53-24-6-2-5-19-46-20-22-47(23-21-46)32-11-15-36-31(25-32)27-48(44(36)52)39-17-18-41(50)45-43(39)51/h3-4,7-16,25-26,38-39,42,49H,2,5-6,17-24,27-28H2,1H3,(H,45,50,51)/t38?,39?,42-/m1/s1. The minimum Gasteiger partial charge on any atom is -0.508 e. The molecule has 4 aliphatic heterocycles. The number of carbonyl (C=O) groups excluding carboxylic acids is 3. The number of aryl methyl sites for hydroxylation is 1. The maximum Gasteiger partial charge on any atom is 0.255 e. The molecule has 10 nitrogen and oxygen atoms in total. The van der Waals surface area contributed by atoms with E-state index in [1.165, 1.54) is 16.7 Å². The van der Waals surface area contributed by atoms with Gasteiger partial charge in [0.25, 0.3) is 5.91 Å². The molecule has 0 saturated carbocycles. The van der Waals surface area contributed by atoms with Crippen LogP contribution in [0.15, 0.2) is 84.9 Å². The Hall–Kier alpha value is -5.35. The molecule has 2 saturated heterocycles. The van der Waals surface area contributed by atoms with Crippen LogP contribution in [0.1, 0.15) is 82.1 Å². The van der Waals surface area contributed by atoms with E-state index >= 15 is 0 Å². The number of ether oxygens (including phenoxy) is 2. The molecule has 0 spiro atoms. The van der Waals surface area contributed by atoms with Gasteiger partial charge in [0.05, 0.1) is 13.2 Å². The lowest BCUT2D eigenvalue weighted by atomic mass is 9.75. The zero-order chi connectivity index (χ0) is 37.2. The van der Waals surface area contributed by atoms with Gasteiger partial charge in [-0.2, -0.15) is 0 Å². The molecule has 54 heavy (non-hydrogen) atoms. The normalized spacial score (nSPS) is 21.4. The monoisotopic (exact) mass is 728 g/mol. The number of phenols is 1. The second-order valence-corrected chi connectivity index (χ2v) is 15.0. The van der Waals surface area contributed by atoms with Crippen molar-refractivity contribution in [2.24, 2.45) is 0 Å². The first-order valence-corrected chi connectivity index (χ1v) is 19.3. The fourth-order valence-electron chi connectivity index (χ4n) is 8.64. The highest BCUT2D eigenvalue weighted by Gasteiger charge is 2.39. The number of benzene rings is 4. The Morgan fingerprint density at radius 2 is 1.69 bits per heavy atom. The van der Waals surface area contributed by atoms with Gasteiger partial charge in [0.1, 0.15) is 23.3 Å². The van der Waals surface area contributed by atoms with Crippen molar-refractivity contribution in [3.8, 4) is 17.2 Å². The van der Waals surface area contributed by atoms with Crippen LogP contribution in [-0.4, -0.2) is 84.6 Å². The van der Waals surface area contributed by atoms with E-state index in [2.05, 4.69) is 76.6 Å². The van der Waals surface area contributed by atoms with Crippen LogP contribution in [0.4, 0.5) is 5.69 Å². The van der Waals surface area contributed by atoms with Gasteiger partial charge in [-0.25, -0.2) is 0 Å². The number of nitrogens with one attached hydrogen (secondary N) is 1. The first-order valence-electron chi connectivity index (χ1n) is 19.3. The first kappa shape index (κ1) is 35.7. The number of piperazine rings is 1. The summed E-state index contributed by atoms with van der Waals surface area (Å²) < 4.78 is 12.3. The van der Waals surface area contributed by atoms with Crippen LogP contribution in [0.3, 0.4) is 0 Å². The average Bonchev–Trinajstić information content (AvgIpc) is 3.51. The van der Waals surface area contributed by atoms with Crippen LogP contribution < -0.4 is 19.7 Å². The van der Waals surface area contributed by atoms with Crippen molar-refractivity contribution in [1.29, 1.82) is 0 Å². The van der Waals surface area contributed by atoms with Crippen LogP contribution in [-0.2, 0) is 16.1 Å². The SMILES string of the molecule is Cc1ccccc1C1COc2cc(O)ccc2[C@H]1c1ccc(OCCCCCN2CCN(c3ccc4c(c3)CN(C3CCC(=O)NC3=O)C4=O)CC2)cc1. The number of anilines is 1. The zero-order valence-electron chi connectivity index (χ0n) is 30.8. The molecular formula is C44H48N4O6. The lowest BCUT2D eigenvalue weighted by Crippen LogP contribution is -2.52. The number of amides is 3. The van der Waals surface area contributed by atoms with E-state index in [4.69, 9.17) is 9.47 Å². The smallest absolute Gasteiger partial charge is 0.255 e. The molecule has 280 valence electrons. The van der Waals surface area contributed by atoms with Gasteiger partial charge in [0.2, 0.25) is 11.8 Å². The predicted molar refractivity (Wildman–Crippen MR) is 206 cm³/mol. The number of carbonyl (C=O) groups is 3. The Morgan fingerprint density at radius 3 is 2.48 bits per heavy atom. The number of imide groups is 1. The maximum absolute atomic E-state index is 13.1. The molecule has 2 fully saturated rings. The maximum atomic E-state index is 13.1. The highest BCUT2D eigenvalue weighted by Crippen LogP contribution is 2.47. The molecule has 10 heteroatoms. The third-order valence-electron chi connectivity index (χ3n) is 11.6. The lowest BCUT2D eigenvalue weighted by Gasteiger charge is -2.36. The van der Waals surface area contributed by atoms with E-state index in [-0.39, 0.29) is 41.7 Å². The lowest BCUT2D eigenvalue weighted by molar-refractivity contribution is -0.136. The van der Waals surface area contributed by atoms with E-state index < -0.39 is 6.04 Å². The zero-order valence-corrected chi connectivity index (χ0v) is 30.8. The molecule has 0 aromatic heterocycles. The van der Waals surface area contributed by atoms with Crippen LogP contribution in [0.2, 0.25) is 0 Å². The third-order valence-corrected chi connectivity index (χ3v) is 11.6. The number of rotatable bonds is 11. The van der Waals surface area contributed by atoms with Crippen molar-refractivity contribution in [1.82, 2.24) is 15.1 Å². The van der Waals surface area contributed by atoms with E-state index in [1.54, 1.807) is 17.0 Å². The van der Waals surface area contributed by atoms with Crippen molar-refractivity contribution in [3.63, 3.8) is 0 Å². The third kappa shape index (κ3) is 7.40. The number of aromatic hydroxyl groups is 1. The molecule has 0 bridgehead atoms. The summed E-state index contributed by atoms with van der Waals surface area (Å²) in [6, 6.07) is 27.9. The predicted octanol–water partition coefficient (Wildman–Crippen LogP) is 6.14. The number of hydrogen-bond donors (Lipinski definition) is 2. The Balaban J connectivity index is 0.780. The molecule has 2 N–H and O–H groups in total. The topological polar surface area (TPSA) is 112 Å². The number of phenolic OH excluding ortho intramolecular Hbond substituents is 1. The average molecular weight is 729 g/mol. The van der Waals surface area contributed by atoms with Crippen molar-refractivity contribution in [2.75, 3.05) is 50.8 Å². The number of piperidine rings is 1. The highest BCUT2D eigenvalue weighted by molar-refractivity contribution is 6.05. The fourth-order valence-corrected chi connectivity index (χ4v) is 8.64. The molecule has 2 unspecified atom stereocenters. The van der Waals surface area contributed by atoms with Gasteiger partial charge >= 0.3 is 0 Å². The second-order valence-electron chi connectivity index (χ2n) is 15.0. The summed E-state index contributed by atoms with van der Waals surface area (Å²) in [5.74, 6) is 1.30. The van der Waals surface area contributed by atoms with Gasteiger partial charge in [0, 0.05) is 73.9 Å². The van der Waals surface area contributed by atoms with Crippen molar-refractivity contribution in [3.05, 3.63) is 118 Å². The molecule has 4 aromatic carbocycles. The summed E-state index contributed by atoms with van der Waals surface area (Å²) in [5.41, 5.74) is 7.53. The van der Waals surface area contributed by atoms with Gasteiger partial charge in [-0.05, 0) is 97.8 Å². The van der Waals surface area contributed by atoms with Crippen LogP contribution in [0, 0.1) is 6.92 Å². The second kappa shape index (κ2) is 15.6. The summed E-state index contributed by atoms with van der Waals surface area (Å²) in [5, 5.41) is 12.5. The summed E-state index contributed by atoms with van der Waals surface area (Å²) in [6.07, 6.45) is 3.85. The van der Waals surface area contributed by atoms with E-state index in [1.807, 2.05) is 18.2 Å². The first-order chi connectivity index (χ1) is 26.3. The molecule has 0 radical (unpaired) electrons. The van der Waals surface area contributed by atoms with Gasteiger partial charge < -0.3 is 24.4 Å². The van der Waals surface area contributed by atoms with Crippen LogP contribution in [0.25, 0.3) is 0 Å². The van der Waals surface area contributed by atoms with Crippen LogP contribution >= 0.6 is 0 Å². The number of nitrogens with zero attached hydrogens (tertiary/aromatic N) is 3. The summed E-state index contributed by atoms with van der Waals surface area (Å²) >= 11 is 0. The molecule has 8 rings (SSSR count). The van der Waals surface area contributed by atoms with E-state index in [0.717, 1.165) is 80.3 Å². The molecule has 3 atom stereocenters. The number of unbranched alkanes of at least 4 members (excludes halogenated alkanes) is 2. The summed E-state index contributed by atoms with van der Waals surface area (Å²) in [6.45, 7) is 8.68. The van der Waals surface area contributed by atoms with Crippen molar-refractivity contribution >= 4 is 23.4 Å². The Morgan fingerprint density at radius 1 is 0.870 bits per heavy atom. The molecule has 4 aromatic rings. The Labute approximate surface area is 316 Å². The van der Waals surface area contributed by atoms with Crippen molar-refractivity contribution in [2.45, 2.75) is 63.5 Å². The molecule has 4 aliphatic rings.